The van der Waals surface area contributed by atoms with E-state index in [4.69, 9.17) is 0 Å². The second-order valence-corrected chi connectivity index (χ2v) is 8.67. The highest BCUT2D eigenvalue weighted by Gasteiger charge is 2.31. The maximum atomic E-state index is 13.5. The minimum absolute atomic E-state index is 0.0738. The standard InChI is InChI=1S/C22H16F3N3O2S/c1-15-5-2-3-7-21(15)31(29,30)28-14-19(13-27-28)18-9-17(16-6-4-8-26-12-16)10-20(11-18)22(23,24)25/h2-14H,1H3. The number of pyridine rings is 1. The Morgan fingerprint density at radius 1 is 0.871 bits per heavy atom. The number of benzene rings is 2. The van der Waals surface area contributed by atoms with E-state index in [9.17, 15) is 21.6 Å². The van der Waals surface area contributed by atoms with Crippen LogP contribution in [0.4, 0.5) is 13.2 Å². The number of hydrogen-bond acceptors (Lipinski definition) is 4. The van der Waals surface area contributed by atoms with Crippen molar-refractivity contribution < 1.29 is 21.6 Å². The van der Waals surface area contributed by atoms with Crippen LogP contribution in [-0.4, -0.2) is 22.6 Å². The number of nitrogens with zero attached hydrogens (tertiary/aromatic N) is 3. The first-order valence-corrected chi connectivity index (χ1v) is 10.6. The minimum Gasteiger partial charge on any atom is -0.264 e. The number of halogens is 3. The normalized spacial score (nSPS) is 12.1. The van der Waals surface area contributed by atoms with Crippen molar-refractivity contribution in [2.24, 2.45) is 0 Å². The molecular weight excluding hydrogens is 427 g/mol. The predicted octanol–water partition coefficient (Wildman–Crippen LogP) is 5.18. The Hall–Kier alpha value is -3.46. The Bertz CT molecular complexity index is 1350. The minimum atomic E-state index is -4.57. The summed E-state index contributed by atoms with van der Waals surface area (Å²) in [5, 5.41) is 3.91. The van der Waals surface area contributed by atoms with E-state index in [2.05, 4.69) is 10.1 Å². The summed E-state index contributed by atoms with van der Waals surface area (Å²) in [6.07, 6.45) is 0.864. The lowest BCUT2D eigenvalue weighted by Crippen LogP contribution is -2.14. The van der Waals surface area contributed by atoms with Gasteiger partial charge >= 0.3 is 6.18 Å². The van der Waals surface area contributed by atoms with Gasteiger partial charge in [0.05, 0.1) is 22.9 Å². The third-order valence-electron chi connectivity index (χ3n) is 4.77. The van der Waals surface area contributed by atoms with Crippen LogP contribution in [0.1, 0.15) is 11.1 Å². The van der Waals surface area contributed by atoms with Gasteiger partial charge < -0.3 is 0 Å². The molecule has 0 radical (unpaired) electrons. The highest BCUT2D eigenvalue weighted by molar-refractivity contribution is 7.89. The SMILES string of the molecule is Cc1ccccc1S(=O)(=O)n1cc(-c2cc(-c3cccnc3)cc(C(F)(F)F)c2)cn1. The van der Waals surface area contributed by atoms with Gasteiger partial charge in [0.2, 0.25) is 0 Å². The fourth-order valence-electron chi connectivity index (χ4n) is 3.19. The maximum absolute atomic E-state index is 13.5. The molecule has 0 atom stereocenters. The maximum Gasteiger partial charge on any atom is 0.416 e. The monoisotopic (exact) mass is 443 g/mol. The van der Waals surface area contributed by atoms with Crippen molar-refractivity contribution in [1.29, 1.82) is 0 Å². The molecule has 4 rings (SSSR count). The molecule has 0 aliphatic rings. The molecule has 0 saturated carbocycles. The zero-order valence-electron chi connectivity index (χ0n) is 16.2. The molecule has 5 nitrogen and oxygen atoms in total. The Morgan fingerprint density at radius 3 is 2.23 bits per heavy atom. The van der Waals surface area contributed by atoms with E-state index in [1.165, 1.54) is 30.9 Å². The van der Waals surface area contributed by atoms with Crippen molar-refractivity contribution in [3.63, 3.8) is 0 Å². The summed E-state index contributed by atoms with van der Waals surface area (Å²) in [6.45, 7) is 1.66. The van der Waals surface area contributed by atoms with E-state index >= 15 is 0 Å². The van der Waals surface area contributed by atoms with Crippen molar-refractivity contribution in [1.82, 2.24) is 14.2 Å². The predicted molar refractivity (Wildman–Crippen MR) is 110 cm³/mol. The van der Waals surface area contributed by atoms with E-state index in [0.717, 1.165) is 16.2 Å². The number of aromatic nitrogens is 3. The van der Waals surface area contributed by atoms with Crippen LogP contribution in [0.3, 0.4) is 0 Å². The lowest BCUT2D eigenvalue weighted by atomic mass is 9.98. The Kier molecular flexibility index (Phi) is 5.14. The van der Waals surface area contributed by atoms with E-state index in [1.54, 1.807) is 43.3 Å². The third kappa shape index (κ3) is 4.09. The molecule has 0 unspecified atom stereocenters. The number of aryl methyl sites for hydroxylation is 1. The molecule has 0 bridgehead atoms. The van der Waals surface area contributed by atoms with E-state index < -0.39 is 21.8 Å². The number of hydrogen-bond donors (Lipinski definition) is 0. The molecule has 4 aromatic rings. The lowest BCUT2D eigenvalue weighted by Gasteiger charge is -2.12. The van der Waals surface area contributed by atoms with Crippen LogP contribution in [0.15, 0.2) is 84.3 Å². The van der Waals surface area contributed by atoms with Gasteiger partial charge in [-0.25, -0.2) is 0 Å². The van der Waals surface area contributed by atoms with E-state index in [1.807, 2.05) is 0 Å². The van der Waals surface area contributed by atoms with Gasteiger partial charge in [-0.1, -0.05) is 24.3 Å². The topological polar surface area (TPSA) is 64.8 Å². The molecule has 0 saturated heterocycles. The third-order valence-corrected chi connectivity index (χ3v) is 6.47. The van der Waals surface area contributed by atoms with Crippen molar-refractivity contribution in [3.05, 3.63) is 90.5 Å². The first-order chi connectivity index (χ1) is 14.7. The second kappa shape index (κ2) is 7.66. The summed E-state index contributed by atoms with van der Waals surface area (Å²) in [5.41, 5.74) is 0.950. The van der Waals surface area contributed by atoms with Gasteiger partial charge in [-0.15, -0.1) is 0 Å². The summed E-state index contributed by atoms with van der Waals surface area (Å²) in [5.74, 6) is 0. The average molecular weight is 443 g/mol. The molecule has 2 aromatic carbocycles. The van der Waals surface area contributed by atoms with Gasteiger partial charge in [-0.2, -0.15) is 30.8 Å². The summed E-state index contributed by atoms with van der Waals surface area (Å²) < 4.78 is 67.1. The Morgan fingerprint density at radius 2 is 1.58 bits per heavy atom. The largest absolute Gasteiger partial charge is 0.416 e. The zero-order valence-corrected chi connectivity index (χ0v) is 17.0. The van der Waals surface area contributed by atoms with Crippen LogP contribution in [0, 0.1) is 6.92 Å². The van der Waals surface area contributed by atoms with Gasteiger partial charge in [-0.3, -0.25) is 4.98 Å². The average Bonchev–Trinajstić information content (AvgIpc) is 3.25. The lowest BCUT2D eigenvalue weighted by molar-refractivity contribution is -0.137. The van der Waals surface area contributed by atoms with Crippen molar-refractivity contribution >= 4 is 10.0 Å². The molecule has 0 spiro atoms. The van der Waals surface area contributed by atoms with Crippen LogP contribution in [-0.2, 0) is 16.2 Å². The highest BCUT2D eigenvalue weighted by atomic mass is 32.2. The van der Waals surface area contributed by atoms with Gasteiger partial charge in [0, 0.05) is 23.5 Å². The second-order valence-electron chi connectivity index (χ2n) is 6.91. The van der Waals surface area contributed by atoms with Gasteiger partial charge in [0.15, 0.2) is 0 Å². The summed E-state index contributed by atoms with van der Waals surface area (Å²) in [4.78, 5) is 4.03. The van der Waals surface area contributed by atoms with Crippen LogP contribution >= 0.6 is 0 Å². The summed E-state index contributed by atoms with van der Waals surface area (Å²) >= 11 is 0. The number of rotatable bonds is 4. The van der Waals surface area contributed by atoms with E-state index in [0.29, 0.717) is 16.7 Å². The first kappa shape index (κ1) is 20.8. The molecule has 9 heteroatoms. The molecule has 0 aliphatic heterocycles. The van der Waals surface area contributed by atoms with Gasteiger partial charge in [0.1, 0.15) is 0 Å². The molecule has 2 heterocycles. The first-order valence-electron chi connectivity index (χ1n) is 9.15. The Labute approximate surface area is 176 Å². The molecule has 0 fully saturated rings. The van der Waals surface area contributed by atoms with Crippen molar-refractivity contribution in [3.8, 4) is 22.3 Å². The molecular formula is C22H16F3N3O2S. The molecule has 0 aliphatic carbocycles. The molecule has 31 heavy (non-hydrogen) atoms. The van der Waals surface area contributed by atoms with Crippen molar-refractivity contribution in [2.75, 3.05) is 0 Å². The Balaban J connectivity index is 1.83. The van der Waals surface area contributed by atoms with Gasteiger partial charge in [0.25, 0.3) is 10.0 Å². The van der Waals surface area contributed by atoms with Crippen LogP contribution in [0.25, 0.3) is 22.3 Å². The van der Waals surface area contributed by atoms with E-state index in [-0.39, 0.29) is 16.0 Å². The number of alkyl halides is 3. The quantitative estimate of drug-likeness (QED) is 0.436. The molecule has 0 amide bonds. The zero-order chi connectivity index (χ0) is 22.2. The smallest absolute Gasteiger partial charge is 0.264 e. The van der Waals surface area contributed by atoms with Crippen LogP contribution < -0.4 is 0 Å². The molecule has 2 aromatic heterocycles. The summed E-state index contributed by atoms with van der Waals surface area (Å²) in [7, 11) is -3.98. The highest BCUT2D eigenvalue weighted by Crippen LogP contribution is 2.36. The van der Waals surface area contributed by atoms with Crippen molar-refractivity contribution in [2.45, 2.75) is 18.0 Å². The van der Waals surface area contributed by atoms with Crippen LogP contribution in [0.2, 0.25) is 0 Å². The summed E-state index contributed by atoms with van der Waals surface area (Å²) in [6, 6.07) is 13.3. The fourth-order valence-corrected chi connectivity index (χ4v) is 4.54. The molecule has 158 valence electrons. The van der Waals surface area contributed by atoms with Gasteiger partial charge in [-0.05, 0) is 53.9 Å². The molecule has 0 N–H and O–H groups in total. The fraction of sp³-hybridized carbons (Fsp3) is 0.0909. The van der Waals surface area contributed by atoms with Crippen LogP contribution in [0.5, 0.6) is 0 Å².